The molecule has 3 aromatic carbocycles. The minimum Gasteiger partial charge on any atom is -0.485 e. The molecular formula is C22H19NO6. The number of hydrogen-bond acceptors (Lipinski definition) is 6. The van der Waals surface area contributed by atoms with Gasteiger partial charge in [-0.2, -0.15) is 0 Å². The molecule has 0 saturated carbocycles. The van der Waals surface area contributed by atoms with E-state index in [4.69, 9.17) is 14.2 Å². The van der Waals surface area contributed by atoms with Crippen LogP contribution in [0.15, 0.2) is 72.8 Å². The molecule has 0 radical (unpaired) electrons. The van der Waals surface area contributed by atoms with Crippen LogP contribution in [0, 0.1) is 10.1 Å². The third kappa shape index (κ3) is 5.10. The van der Waals surface area contributed by atoms with E-state index in [0.29, 0.717) is 0 Å². The van der Waals surface area contributed by atoms with Gasteiger partial charge in [-0.1, -0.05) is 60.7 Å². The second-order valence-corrected chi connectivity index (χ2v) is 6.12. The van der Waals surface area contributed by atoms with Crippen LogP contribution >= 0.6 is 0 Å². The Labute approximate surface area is 167 Å². The van der Waals surface area contributed by atoms with Crippen LogP contribution in [0.2, 0.25) is 0 Å². The van der Waals surface area contributed by atoms with Gasteiger partial charge in [-0.05, 0) is 17.2 Å². The Bertz CT molecular complexity index is 989. The van der Waals surface area contributed by atoms with Crippen molar-refractivity contribution < 1.29 is 23.9 Å². The van der Waals surface area contributed by atoms with Gasteiger partial charge in [-0.15, -0.1) is 0 Å². The average Bonchev–Trinajstić information content (AvgIpc) is 2.76. The molecule has 148 valence electrons. The molecule has 3 rings (SSSR count). The zero-order chi connectivity index (χ0) is 20.6. The molecule has 0 aliphatic rings. The van der Waals surface area contributed by atoms with Gasteiger partial charge in [0.15, 0.2) is 5.75 Å². The van der Waals surface area contributed by atoms with Crippen LogP contribution in [0.25, 0.3) is 0 Å². The minimum absolute atomic E-state index is 0.00863. The molecule has 3 aromatic rings. The molecule has 0 aromatic heterocycles. The summed E-state index contributed by atoms with van der Waals surface area (Å²) in [4.78, 5) is 23.0. The van der Waals surface area contributed by atoms with Crippen LogP contribution in [0.4, 0.5) is 5.69 Å². The van der Waals surface area contributed by atoms with Crippen LogP contribution < -0.4 is 9.47 Å². The van der Waals surface area contributed by atoms with Gasteiger partial charge in [0.05, 0.1) is 17.6 Å². The van der Waals surface area contributed by atoms with Gasteiger partial charge in [0.25, 0.3) is 0 Å². The van der Waals surface area contributed by atoms with E-state index in [1.807, 2.05) is 60.7 Å². The lowest BCUT2D eigenvalue weighted by Crippen LogP contribution is -2.07. The smallest absolute Gasteiger partial charge is 0.338 e. The predicted molar refractivity (Wildman–Crippen MR) is 106 cm³/mol. The summed E-state index contributed by atoms with van der Waals surface area (Å²) in [5.41, 5.74) is 1.35. The summed E-state index contributed by atoms with van der Waals surface area (Å²) in [5.74, 6) is -0.644. The van der Waals surface area contributed by atoms with Gasteiger partial charge in [0.1, 0.15) is 13.2 Å². The predicted octanol–water partition coefficient (Wildman–Crippen LogP) is 4.54. The molecule has 0 bridgehead atoms. The summed E-state index contributed by atoms with van der Waals surface area (Å²) in [6, 6.07) is 21.1. The first-order valence-electron chi connectivity index (χ1n) is 8.82. The summed E-state index contributed by atoms with van der Waals surface area (Å²) in [6.45, 7) is 0.269. The van der Waals surface area contributed by atoms with Crippen molar-refractivity contribution in [2.45, 2.75) is 13.2 Å². The normalized spacial score (nSPS) is 10.2. The number of nitro groups is 1. The number of methoxy groups -OCH3 is 1. The molecule has 0 heterocycles. The van der Waals surface area contributed by atoms with Crippen molar-refractivity contribution in [3.63, 3.8) is 0 Å². The van der Waals surface area contributed by atoms with Gasteiger partial charge >= 0.3 is 11.7 Å². The van der Waals surface area contributed by atoms with Crippen LogP contribution in [0.1, 0.15) is 21.5 Å². The monoisotopic (exact) mass is 393 g/mol. The lowest BCUT2D eigenvalue weighted by Gasteiger charge is -2.14. The molecule has 0 spiro atoms. The van der Waals surface area contributed by atoms with E-state index in [1.165, 1.54) is 13.2 Å². The summed E-state index contributed by atoms with van der Waals surface area (Å²) in [7, 11) is 1.21. The fourth-order valence-corrected chi connectivity index (χ4v) is 2.68. The summed E-state index contributed by atoms with van der Waals surface area (Å²) in [6.07, 6.45) is 0. The number of hydrogen-bond donors (Lipinski definition) is 0. The molecule has 0 saturated heterocycles. The van der Waals surface area contributed by atoms with E-state index in [2.05, 4.69) is 0 Å². The third-order valence-electron chi connectivity index (χ3n) is 4.12. The average molecular weight is 393 g/mol. The first-order chi connectivity index (χ1) is 14.1. The number of benzene rings is 3. The van der Waals surface area contributed by atoms with E-state index < -0.39 is 10.9 Å². The zero-order valence-electron chi connectivity index (χ0n) is 15.7. The maximum atomic E-state index is 12.0. The number of ether oxygens (including phenoxy) is 3. The first-order valence-corrected chi connectivity index (χ1v) is 8.82. The van der Waals surface area contributed by atoms with Gasteiger partial charge in [-0.25, -0.2) is 4.79 Å². The number of carbonyl (C=O) groups is 1. The number of nitrogens with zero attached hydrogens (tertiary/aromatic N) is 1. The highest BCUT2D eigenvalue weighted by molar-refractivity contribution is 5.91. The Morgan fingerprint density at radius 1 is 0.897 bits per heavy atom. The minimum atomic E-state index is -0.702. The van der Waals surface area contributed by atoms with Crippen LogP contribution in [0.3, 0.4) is 0 Å². The number of esters is 1. The number of rotatable bonds is 8. The maximum absolute atomic E-state index is 12.0. The van der Waals surface area contributed by atoms with Crippen molar-refractivity contribution >= 4 is 11.7 Å². The summed E-state index contributed by atoms with van der Waals surface area (Å²) in [5, 5.41) is 11.6. The van der Waals surface area contributed by atoms with Crippen LogP contribution in [0.5, 0.6) is 11.5 Å². The second kappa shape index (κ2) is 9.36. The second-order valence-electron chi connectivity index (χ2n) is 6.12. The lowest BCUT2D eigenvalue weighted by molar-refractivity contribution is -0.386. The SMILES string of the molecule is COC(=O)c1cc(OCc2ccccc2)c(OCc2ccccc2)c([N+](=O)[O-])c1. The van der Waals surface area contributed by atoms with Crippen molar-refractivity contribution in [1.82, 2.24) is 0 Å². The van der Waals surface area contributed by atoms with E-state index in [-0.39, 0.29) is 36.0 Å². The molecule has 0 fully saturated rings. The lowest BCUT2D eigenvalue weighted by atomic mass is 10.1. The summed E-state index contributed by atoms with van der Waals surface area (Å²) >= 11 is 0. The number of carbonyl (C=O) groups excluding carboxylic acids is 1. The number of nitro benzene ring substituents is 1. The van der Waals surface area contributed by atoms with E-state index in [0.717, 1.165) is 17.2 Å². The standard InChI is InChI=1S/C22H19NO6/c1-27-22(24)18-12-19(23(25)26)21(29-15-17-10-6-3-7-11-17)20(13-18)28-14-16-8-4-2-5-9-16/h2-13H,14-15H2,1H3. The van der Waals surface area contributed by atoms with E-state index in [9.17, 15) is 14.9 Å². The molecule has 7 nitrogen and oxygen atoms in total. The Morgan fingerprint density at radius 2 is 1.45 bits per heavy atom. The molecular weight excluding hydrogens is 374 g/mol. The van der Waals surface area contributed by atoms with Crippen molar-refractivity contribution in [2.24, 2.45) is 0 Å². The highest BCUT2D eigenvalue weighted by atomic mass is 16.6. The van der Waals surface area contributed by atoms with Crippen LogP contribution in [-0.4, -0.2) is 18.0 Å². The third-order valence-corrected chi connectivity index (χ3v) is 4.12. The van der Waals surface area contributed by atoms with E-state index in [1.54, 1.807) is 0 Å². The Hall–Kier alpha value is -3.87. The molecule has 29 heavy (non-hydrogen) atoms. The molecule has 7 heteroatoms. The fraction of sp³-hybridized carbons (Fsp3) is 0.136. The zero-order valence-corrected chi connectivity index (χ0v) is 15.7. The topological polar surface area (TPSA) is 87.9 Å². The van der Waals surface area contributed by atoms with Crippen molar-refractivity contribution in [3.05, 3.63) is 99.6 Å². The largest absolute Gasteiger partial charge is 0.485 e. The maximum Gasteiger partial charge on any atom is 0.338 e. The van der Waals surface area contributed by atoms with Gasteiger partial charge in [0, 0.05) is 6.07 Å². The quantitative estimate of drug-likeness (QED) is 0.317. The Morgan fingerprint density at radius 3 is 1.97 bits per heavy atom. The fourth-order valence-electron chi connectivity index (χ4n) is 2.68. The molecule has 0 aliphatic carbocycles. The highest BCUT2D eigenvalue weighted by Gasteiger charge is 2.25. The molecule has 0 amide bonds. The van der Waals surface area contributed by atoms with E-state index >= 15 is 0 Å². The molecule has 0 atom stereocenters. The van der Waals surface area contributed by atoms with Crippen LogP contribution in [-0.2, 0) is 18.0 Å². The van der Waals surface area contributed by atoms with Gasteiger partial charge in [-0.3, -0.25) is 10.1 Å². The molecule has 0 unspecified atom stereocenters. The van der Waals surface area contributed by atoms with Gasteiger partial charge < -0.3 is 14.2 Å². The first kappa shape index (κ1) is 19.9. The highest BCUT2D eigenvalue weighted by Crippen LogP contribution is 2.39. The Balaban J connectivity index is 1.96. The Kier molecular flexibility index (Phi) is 6.42. The summed E-state index contributed by atoms with van der Waals surface area (Å²) < 4.78 is 16.3. The van der Waals surface area contributed by atoms with Crippen molar-refractivity contribution in [3.8, 4) is 11.5 Å². The molecule has 0 aliphatic heterocycles. The molecule has 0 N–H and O–H groups in total. The van der Waals surface area contributed by atoms with Gasteiger partial charge in [0.2, 0.25) is 5.75 Å². The van der Waals surface area contributed by atoms with Crippen molar-refractivity contribution in [1.29, 1.82) is 0 Å². The van der Waals surface area contributed by atoms with Crippen molar-refractivity contribution in [2.75, 3.05) is 7.11 Å².